The number of aliphatic carboxylic acids is 1. The van der Waals surface area contributed by atoms with Gasteiger partial charge in [0.2, 0.25) is 0 Å². The van der Waals surface area contributed by atoms with Crippen molar-refractivity contribution in [2.75, 3.05) is 13.2 Å². The third-order valence-electron chi connectivity index (χ3n) is 3.27. The number of rotatable bonds is 5. The third-order valence-corrected chi connectivity index (χ3v) is 3.76. The van der Waals surface area contributed by atoms with E-state index >= 15 is 0 Å². The molecule has 0 spiro atoms. The molecule has 0 unspecified atom stereocenters. The molecule has 124 valence electrons. The van der Waals surface area contributed by atoms with Gasteiger partial charge < -0.3 is 34.7 Å². The number of phosphoric acid groups is 1. The minimum absolute atomic E-state index is 0.0493. The molecule has 0 bridgehead atoms. The zero-order chi connectivity index (χ0) is 16.5. The molecule has 2 heterocycles. The standard InChI is InChI=1S/C11H16NO9P/c13-8-7(5-20-22(17,18)19)21-10(9(8)14)12-3-1-2-6(4-12)11(15)16/h1-3,7-10,13-14H,4-5H2,(H,15,16)(H2,17,18,19)/t7-,8-,9-,10-/m1/s1. The van der Waals surface area contributed by atoms with Gasteiger partial charge in [-0.3, -0.25) is 4.52 Å². The molecule has 0 aliphatic carbocycles. The van der Waals surface area contributed by atoms with E-state index in [0.29, 0.717) is 0 Å². The highest BCUT2D eigenvalue weighted by Gasteiger charge is 2.46. The van der Waals surface area contributed by atoms with Crippen molar-refractivity contribution in [2.45, 2.75) is 24.5 Å². The van der Waals surface area contributed by atoms with Crippen LogP contribution in [0.4, 0.5) is 0 Å². The van der Waals surface area contributed by atoms with Crippen LogP contribution in [0.15, 0.2) is 23.9 Å². The second-order valence-electron chi connectivity index (χ2n) is 4.84. The molecule has 0 aromatic heterocycles. The Morgan fingerprint density at radius 2 is 2.09 bits per heavy atom. The van der Waals surface area contributed by atoms with Gasteiger partial charge in [-0.2, -0.15) is 0 Å². The first kappa shape index (κ1) is 17.1. The van der Waals surface area contributed by atoms with E-state index in [0.717, 1.165) is 0 Å². The molecule has 0 saturated carbocycles. The highest BCUT2D eigenvalue weighted by Crippen LogP contribution is 2.37. The molecule has 10 nitrogen and oxygen atoms in total. The van der Waals surface area contributed by atoms with E-state index in [2.05, 4.69) is 4.52 Å². The first-order chi connectivity index (χ1) is 10.2. The highest BCUT2D eigenvalue weighted by atomic mass is 31.2. The fourth-order valence-corrected chi connectivity index (χ4v) is 2.54. The number of nitrogens with zero attached hydrogens (tertiary/aromatic N) is 1. The maximum absolute atomic E-state index is 10.9. The van der Waals surface area contributed by atoms with E-state index in [9.17, 15) is 19.6 Å². The van der Waals surface area contributed by atoms with Crippen LogP contribution in [-0.2, 0) is 18.6 Å². The number of hydrogen-bond donors (Lipinski definition) is 5. The van der Waals surface area contributed by atoms with Crippen molar-refractivity contribution < 1.29 is 43.7 Å². The van der Waals surface area contributed by atoms with Crippen molar-refractivity contribution in [3.05, 3.63) is 23.9 Å². The third kappa shape index (κ3) is 3.93. The number of ether oxygens (including phenoxy) is 1. The summed E-state index contributed by atoms with van der Waals surface area (Å²) >= 11 is 0. The molecular formula is C11H16NO9P. The Bertz CT molecular complexity index is 542. The normalized spacial score (nSPS) is 32.2. The van der Waals surface area contributed by atoms with E-state index in [4.69, 9.17) is 19.6 Å². The lowest BCUT2D eigenvalue weighted by atomic mass is 10.1. The topological polar surface area (TPSA) is 157 Å². The van der Waals surface area contributed by atoms with Crippen LogP contribution in [0.2, 0.25) is 0 Å². The minimum Gasteiger partial charge on any atom is -0.478 e. The van der Waals surface area contributed by atoms with Gasteiger partial charge in [-0.15, -0.1) is 0 Å². The van der Waals surface area contributed by atoms with Crippen LogP contribution in [-0.4, -0.2) is 73.7 Å². The number of aliphatic hydroxyl groups is 2. The van der Waals surface area contributed by atoms with Crippen LogP contribution < -0.4 is 0 Å². The van der Waals surface area contributed by atoms with Gasteiger partial charge in [-0.05, 0) is 12.2 Å². The summed E-state index contributed by atoms with van der Waals surface area (Å²) in [5.41, 5.74) is 0.0720. The average molecular weight is 337 g/mol. The molecule has 2 aliphatic heterocycles. The Balaban J connectivity index is 2.01. The molecule has 1 saturated heterocycles. The highest BCUT2D eigenvalue weighted by molar-refractivity contribution is 7.46. The van der Waals surface area contributed by atoms with Crippen LogP contribution in [0.5, 0.6) is 0 Å². The van der Waals surface area contributed by atoms with Crippen molar-refractivity contribution in [1.29, 1.82) is 0 Å². The summed E-state index contributed by atoms with van der Waals surface area (Å²) in [6.07, 6.45) is -0.689. The zero-order valence-corrected chi connectivity index (χ0v) is 12.1. The number of carboxylic acids is 1. The molecule has 2 aliphatic rings. The molecule has 11 heteroatoms. The molecule has 1 fully saturated rings. The molecule has 0 amide bonds. The van der Waals surface area contributed by atoms with Crippen LogP contribution in [0.25, 0.3) is 0 Å². The van der Waals surface area contributed by atoms with Crippen molar-refractivity contribution in [2.24, 2.45) is 0 Å². The van der Waals surface area contributed by atoms with Crippen LogP contribution in [0.1, 0.15) is 0 Å². The van der Waals surface area contributed by atoms with Crippen molar-refractivity contribution >= 4 is 13.8 Å². The Kier molecular flexibility index (Phi) is 5.03. The Morgan fingerprint density at radius 3 is 2.68 bits per heavy atom. The predicted octanol–water partition coefficient (Wildman–Crippen LogP) is -1.62. The Hall–Kier alpha value is -1.26. The van der Waals surface area contributed by atoms with Crippen molar-refractivity contribution in [3.63, 3.8) is 0 Å². The minimum atomic E-state index is -4.73. The smallest absolute Gasteiger partial charge is 0.469 e. The van der Waals surface area contributed by atoms with Gasteiger partial charge in [0.05, 0.1) is 18.7 Å². The van der Waals surface area contributed by atoms with E-state index in [1.807, 2.05) is 0 Å². The van der Waals surface area contributed by atoms with E-state index in [1.54, 1.807) is 0 Å². The van der Waals surface area contributed by atoms with Gasteiger partial charge in [0.25, 0.3) is 0 Å². The number of phosphoric ester groups is 1. The quantitative estimate of drug-likeness (QED) is 0.369. The van der Waals surface area contributed by atoms with Gasteiger partial charge in [-0.25, -0.2) is 9.36 Å². The summed E-state index contributed by atoms with van der Waals surface area (Å²) < 4.78 is 20.2. The molecule has 5 N–H and O–H groups in total. The first-order valence-corrected chi connectivity index (χ1v) is 7.80. The first-order valence-electron chi connectivity index (χ1n) is 6.27. The fraction of sp³-hybridized carbons (Fsp3) is 0.545. The summed E-state index contributed by atoms with van der Waals surface area (Å²) in [6, 6.07) is 0. The number of hydrogen-bond acceptors (Lipinski definition) is 7. The molecule has 2 rings (SSSR count). The Labute approximate surface area is 125 Å². The second kappa shape index (κ2) is 6.47. The fourth-order valence-electron chi connectivity index (χ4n) is 2.20. The SMILES string of the molecule is O=C(O)C1=CC=CN([C@@H]2O[C@H](COP(=O)(O)O)[C@@H](O)[C@H]2O)C1. The summed E-state index contributed by atoms with van der Waals surface area (Å²) in [6.45, 7) is -0.662. The van der Waals surface area contributed by atoms with Crippen LogP contribution in [0, 0.1) is 0 Å². The molecule has 0 aromatic rings. The molecule has 0 aromatic carbocycles. The lowest BCUT2D eigenvalue weighted by Gasteiger charge is -2.30. The molecule has 4 atom stereocenters. The number of carboxylic acid groups (broad SMARTS) is 1. The summed E-state index contributed by atoms with van der Waals surface area (Å²) in [7, 11) is -4.73. The van der Waals surface area contributed by atoms with Gasteiger partial charge in [0.15, 0.2) is 6.23 Å². The zero-order valence-electron chi connectivity index (χ0n) is 11.2. The maximum Gasteiger partial charge on any atom is 0.469 e. The molecule has 0 radical (unpaired) electrons. The van der Waals surface area contributed by atoms with E-state index in [-0.39, 0.29) is 12.1 Å². The van der Waals surface area contributed by atoms with Crippen molar-refractivity contribution in [1.82, 2.24) is 4.90 Å². The van der Waals surface area contributed by atoms with Crippen LogP contribution in [0.3, 0.4) is 0 Å². The van der Waals surface area contributed by atoms with Gasteiger partial charge in [-0.1, -0.05) is 0 Å². The largest absolute Gasteiger partial charge is 0.478 e. The summed E-state index contributed by atoms with van der Waals surface area (Å²) in [5.74, 6) is -1.12. The second-order valence-corrected chi connectivity index (χ2v) is 6.08. The summed E-state index contributed by atoms with van der Waals surface area (Å²) in [5, 5.41) is 28.8. The van der Waals surface area contributed by atoms with Crippen molar-refractivity contribution in [3.8, 4) is 0 Å². The number of aliphatic hydroxyl groups excluding tert-OH is 2. The Morgan fingerprint density at radius 1 is 1.41 bits per heavy atom. The maximum atomic E-state index is 10.9. The molecular weight excluding hydrogens is 321 g/mol. The number of carbonyl (C=O) groups is 1. The predicted molar refractivity (Wildman–Crippen MR) is 70.2 cm³/mol. The molecule has 22 heavy (non-hydrogen) atoms. The lowest BCUT2D eigenvalue weighted by Crippen LogP contribution is -2.43. The van der Waals surface area contributed by atoms with Crippen LogP contribution >= 0.6 is 7.82 Å². The van der Waals surface area contributed by atoms with E-state index in [1.165, 1.54) is 23.3 Å². The lowest BCUT2D eigenvalue weighted by molar-refractivity contribution is -0.133. The number of allylic oxidation sites excluding steroid dienone is 2. The van der Waals surface area contributed by atoms with Gasteiger partial charge in [0, 0.05) is 6.20 Å². The summed E-state index contributed by atoms with van der Waals surface area (Å²) in [4.78, 5) is 29.6. The van der Waals surface area contributed by atoms with Gasteiger partial charge in [0.1, 0.15) is 18.3 Å². The average Bonchev–Trinajstić information content (AvgIpc) is 2.72. The monoisotopic (exact) mass is 337 g/mol. The van der Waals surface area contributed by atoms with E-state index < -0.39 is 44.9 Å². The van der Waals surface area contributed by atoms with Gasteiger partial charge >= 0.3 is 13.8 Å².